The number of fused-ring (bicyclic) bond motifs is 1. The summed E-state index contributed by atoms with van der Waals surface area (Å²) in [4.78, 5) is 1.32. The molecule has 0 spiro atoms. The molecule has 4 nitrogen and oxygen atoms in total. The molecule has 0 bridgehead atoms. The van der Waals surface area contributed by atoms with Gasteiger partial charge in [0.05, 0.1) is 4.99 Å². The van der Waals surface area contributed by atoms with Crippen LogP contribution in [0.4, 0.5) is 0 Å². The summed E-state index contributed by atoms with van der Waals surface area (Å²) in [6.07, 6.45) is 3.27. The third-order valence-electron chi connectivity index (χ3n) is 3.42. The van der Waals surface area contributed by atoms with Crippen molar-refractivity contribution in [3.63, 3.8) is 0 Å². The first-order chi connectivity index (χ1) is 8.95. The van der Waals surface area contributed by atoms with Crippen molar-refractivity contribution in [3.8, 4) is 0 Å². The van der Waals surface area contributed by atoms with E-state index in [1.165, 1.54) is 4.88 Å². The number of rotatable bonds is 5. The topological polar surface area (TPSA) is 72.2 Å². The Labute approximate surface area is 123 Å². The van der Waals surface area contributed by atoms with Gasteiger partial charge in [-0.3, -0.25) is 0 Å². The lowest BCUT2D eigenvalue weighted by Crippen LogP contribution is -2.43. The molecule has 19 heavy (non-hydrogen) atoms. The zero-order chi connectivity index (χ0) is 14.0. The van der Waals surface area contributed by atoms with Crippen LogP contribution in [-0.4, -0.2) is 18.7 Å². The van der Waals surface area contributed by atoms with Crippen LogP contribution >= 0.6 is 23.6 Å². The molecule has 1 aliphatic rings. The van der Waals surface area contributed by atoms with Crippen LogP contribution < -0.4 is 10.5 Å². The van der Waals surface area contributed by atoms with E-state index in [1.54, 1.807) is 18.3 Å². The molecule has 2 rings (SSSR count). The molecule has 0 aromatic carbocycles. The van der Waals surface area contributed by atoms with E-state index < -0.39 is 15.3 Å². The fraction of sp³-hybridized carbons (Fsp3) is 0.583. The lowest BCUT2D eigenvalue weighted by atomic mass is 9.95. The van der Waals surface area contributed by atoms with Crippen LogP contribution in [0, 0.1) is 0 Å². The largest absolute Gasteiger partial charge is 0.392 e. The molecule has 0 saturated carbocycles. The minimum absolute atomic E-state index is 0.0383. The molecular weight excluding hydrogens is 300 g/mol. The van der Waals surface area contributed by atoms with Crippen molar-refractivity contribution in [2.24, 2.45) is 5.73 Å². The van der Waals surface area contributed by atoms with Crippen molar-refractivity contribution in [2.45, 2.75) is 43.9 Å². The maximum Gasteiger partial charge on any atom is 0.221 e. The van der Waals surface area contributed by atoms with Crippen molar-refractivity contribution in [3.05, 3.63) is 21.9 Å². The van der Waals surface area contributed by atoms with Gasteiger partial charge in [-0.25, -0.2) is 13.1 Å². The van der Waals surface area contributed by atoms with E-state index in [0.29, 0.717) is 6.42 Å². The quantitative estimate of drug-likeness (QED) is 0.816. The van der Waals surface area contributed by atoms with Crippen molar-refractivity contribution in [2.75, 3.05) is 0 Å². The summed E-state index contributed by atoms with van der Waals surface area (Å²) in [6.45, 7) is 1.78. The van der Waals surface area contributed by atoms with Crippen molar-refractivity contribution >= 4 is 38.6 Å². The first-order valence-electron chi connectivity index (χ1n) is 6.32. The molecule has 0 radical (unpaired) electrons. The molecule has 3 N–H and O–H groups in total. The van der Waals surface area contributed by atoms with Crippen LogP contribution in [0.5, 0.6) is 0 Å². The Hall–Kier alpha value is -0.500. The molecule has 0 saturated heterocycles. The number of thiocarbonyl (C=S) groups is 1. The zero-order valence-corrected chi connectivity index (χ0v) is 13.2. The SMILES string of the molecule is CCC(C(N)=S)S(=O)(=O)NC1CCCc2sccc21. The smallest absolute Gasteiger partial charge is 0.221 e. The third-order valence-corrected chi connectivity index (χ3v) is 6.80. The second-order valence-corrected chi connectivity index (χ2v) is 8.07. The first-order valence-corrected chi connectivity index (χ1v) is 9.16. The summed E-state index contributed by atoms with van der Waals surface area (Å²) < 4.78 is 27.4. The van der Waals surface area contributed by atoms with E-state index in [0.717, 1.165) is 24.8 Å². The van der Waals surface area contributed by atoms with E-state index in [4.69, 9.17) is 18.0 Å². The summed E-state index contributed by atoms with van der Waals surface area (Å²) in [6, 6.07) is 1.87. The van der Waals surface area contributed by atoms with Crippen LogP contribution in [0.25, 0.3) is 0 Å². The van der Waals surface area contributed by atoms with Gasteiger partial charge in [-0.1, -0.05) is 19.1 Å². The van der Waals surface area contributed by atoms with Gasteiger partial charge in [-0.05, 0) is 42.7 Å². The first kappa shape index (κ1) is 14.9. The van der Waals surface area contributed by atoms with Crippen LogP contribution in [0.1, 0.15) is 42.7 Å². The molecule has 1 heterocycles. The Morgan fingerprint density at radius 2 is 2.42 bits per heavy atom. The molecule has 7 heteroatoms. The predicted molar refractivity (Wildman–Crippen MR) is 82.9 cm³/mol. The van der Waals surface area contributed by atoms with Gasteiger partial charge in [0.1, 0.15) is 5.25 Å². The number of nitrogens with one attached hydrogen (secondary N) is 1. The lowest BCUT2D eigenvalue weighted by Gasteiger charge is -2.25. The molecule has 0 aliphatic heterocycles. The number of hydrogen-bond acceptors (Lipinski definition) is 4. The highest BCUT2D eigenvalue weighted by molar-refractivity contribution is 7.93. The minimum Gasteiger partial charge on any atom is -0.392 e. The maximum absolute atomic E-state index is 12.3. The Balaban J connectivity index is 2.21. The maximum atomic E-state index is 12.3. The van der Waals surface area contributed by atoms with E-state index in [1.807, 2.05) is 11.4 Å². The van der Waals surface area contributed by atoms with Gasteiger partial charge in [0.15, 0.2) is 0 Å². The van der Waals surface area contributed by atoms with Gasteiger partial charge >= 0.3 is 0 Å². The normalized spacial score (nSPS) is 20.8. The van der Waals surface area contributed by atoms with E-state index in [9.17, 15) is 8.42 Å². The van der Waals surface area contributed by atoms with Gasteiger partial charge in [-0.2, -0.15) is 0 Å². The highest BCUT2D eigenvalue weighted by Crippen LogP contribution is 2.34. The average molecular weight is 318 g/mol. The molecule has 0 fully saturated rings. The highest BCUT2D eigenvalue weighted by Gasteiger charge is 2.31. The Bertz CT molecular complexity index is 565. The summed E-state index contributed by atoms with van der Waals surface area (Å²) in [7, 11) is -3.50. The summed E-state index contributed by atoms with van der Waals surface area (Å²) in [5.74, 6) is 0. The standard InChI is InChI=1S/C12H18N2O2S3/c1-2-11(12(13)17)19(15,16)14-9-4-3-5-10-8(9)6-7-18-10/h6-7,9,11,14H,2-5H2,1H3,(H2,13,17). The van der Waals surface area contributed by atoms with Crippen LogP contribution in [0.3, 0.4) is 0 Å². The molecule has 106 valence electrons. The third kappa shape index (κ3) is 3.16. The second kappa shape index (κ2) is 5.87. The van der Waals surface area contributed by atoms with Crippen molar-refractivity contribution in [1.82, 2.24) is 4.72 Å². The van der Waals surface area contributed by atoms with Crippen molar-refractivity contribution < 1.29 is 8.42 Å². The Kier molecular flexibility index (Phi) is 4.60. The van der Waals surface area contributed by atoms with Gasteiger partial charge in [0.2, 0.25) is 10.0 Å². The predicted octanol–water partition coefficient (Wildman–Crippen LogP) is 2.11. The monoisotopic (exact) mass is 318 g/mol. The van der Waals surface area contributed by atoms with Gasteiger partial charge in [0.25, 0.3) is 0 Å². The molecule has 1 aromatic rings. The number of sulfonamides is 1. The van der Waals surface area contributed by atoms with Crippen LogP contribution in [0.2, 0.25) is 0 Å². The van der Waals surface area contributed by atoms with E-state index in [2.05, 4.69) is 4.72 Å². The second-order valence-electron chi connectivity index (χ2n) is 4.71. The molecule has 2 unspecified atom stereocenters. The molecule has 0 amide bonds. The Morgan fingerprint density at radius 3 is 3.05 bits per heavy atom. The van der Waals surface area contributed by atoms with Crippen LogP contribution in [-0.2, 0) is 16.4 Å². The van der Waals surface area contributed by atoms with Crippen molar-refractivity contribution in [1.29, 1.82) is 0 Å². The Morgan fingerprint density at radius 1 is 1.68 bits per heavy atom. The molecule has 1 aromatic heterocycles. The number of hydrogen-bond donors (Lipinski definition) is 2. The summed E-state index contributed by atoms with van der Waals surface area (Å²) in [5, 5.41) is 1.23. The van der Waals surface area contributed by atoms with E-state index >= 15 is 0 Å². The van der Waals surface area contributed by atoms with Gasteiger partial charge in [0, 0.05) is 10.9 Å². The number of thiophene rings is 1. The molecule has 1 aliphatic carbocycles. The fourth-order valence-electron chi connectivity index (χ4n) is 2.46. The van der Waals surface area contributed by atoms with Gasteiger partial charge < -0.3 is 5.73 Å². The fourth-order valence-corrected chi connectivity index (χ4v) is 5.55. The summed E-state index contributed by atoms with van der Waals surface area (Å²) in [5.41, 5.74) is 6.64. The highest BCUT2D eigenvalue weighted by atomic mass is 32.2. The summed E-state index contributed by atoms with van der Waals surface area (Å²) >= 11 is 6.54. The molecular formula is C12H18N2O2S3. The van der Waals surface area contributed by atoms with Gasteiger partial charge in [-0.15, -0.1) is 11.3 Å². The number of aryl methyl sites for hydroxylation is 1. The van der Waals surface area contributed by atoms with E-state index in [-0.39, 0.29) is 11.0 Å². The zero-order valence-electron chi connectivity index (χ0n) is 10.8. The van der Waals surface area contributed by atoms with Crippen LogP contribution in [0.15, 0.2) is 11.4 Å². The lowest BCUT2D eigenvalue weighted by molar-refractivity contribution is 0.508. The average Bonchev–Trinajstić information content (AvgIpc) is 2.77. The minimum atomic E-state index is -3.50. The molecule has 2 atom stereocenters. The number of nitrogens with two attached hydrogens (primary N) is 1.